The number of rotatable bonds is 5. The molecule has 1 aromatic heterocycles. The van der Waals surface area contributed by atoms with Crippen molar-refractivity contribution < 1.29 is 4.79 Å². The predicted molar refractivity (Wildman–Crippen MR) is 124 cm³/mol. The van der Waals surface area contributed by atoms with Crippen molar-refractivity contribution in [2.75, 3.05) is 6.54 Å². The molecule has 0 saturated carbocycles. The second kappa shape index (κ2) is 7.88. The quantitative estimate of drug-likeness (QED) is 0.467. The molecule has 5 rings (SSSR count). The summed E-state index contributed by atoms with van der Waals surface area (Å²) >= 11 is 0. The second-order valence-electron chi connectivity index (χ2n) is 7.48. The number of allylic oxidation sites excluding steroid dienone is 2. The van der Waals surface area contributed by atoms with Crippen molar-refractivity contribution in [1.82, 2.24) is 10.3 Å². The van der Waals surface area contributed by atoms with Gasteiger partial charge in [-0.25, -0.2) is 0 Å². The summed E-state index contributed by atoms with van der Waals surface area (Å²) in [6, 6.07) is 26.5. The van der Waals surface area contributed by atoms with Crippen LogP contribution in [-0.2, 0) is 11.2 Å². The van der Waals surface area contributed by atoms with E-state index in [1.54, 1.807) is 0 Å². The summed E-state index contributed by atoms with van der Waals surface area (Å²) in [5.74, 6) is -0.0289. The van der Waals surface area contributed by atoms with Gasteiger partial charge < -0.3 is 10.3 Å². The van der Waals surface area contributed by atoms with Crippen LogP contribution in [0.5, 0.6) is 0 Å². The fraction of sp³-hybridized carbons (Fsp3) is 0.0741. The Hall–Kier alpha value is -3.85. The van der Waals surface area contributed by atoms with E-state index >= 15 is 0 Å². The minimum absolute atomic E-state index is 0.0289. The second-order valence-corrected chi connectivity index (χ2v) is 7.48. The van der Waals surface area contributed by atoms with Gasteiger partial charge >= 0.3 is 0 Å². The molecule has 0 radical (unpaired) electrons. The van der Waals surface area contributed by atoms with E-state index < -0.39 is 0 Å². The van der Waals surface area contributed by atoms with Gasteiger partial charge in [0.2, 0.25) is 0 Å². The molecule has 2 N–H and O–H groups in total. The summed E-state index contributed by atoms with van der Waals surface area (Å²) < 4.78 is 0. The van der Waals surface area contributed by atoms with E-state index in [4.69, 9.17) is 0 Å². The zero-order valence-corrected chi connectivity index (χ0v) is 16.6. The number of hydrogen-bond donors (Lipinski definition) is 2. The lowest BCUT2D eigenvalue weighted by molar-refractivity contribution is -0.115. The van der Waals surface area contributed by atoms with Gasteiger partial charge in [-0.1, -0.05) is 72.8 Å². The number of para-hydroxylation sites is 1. The number of carbonyl (C=O) groups is 1. The molecule has 0 spiro atoms. The highest BCUT2D eigenvalue weighted by atomic mass is 16.1. The van der Waals surface area contributed by atoms with Gasteiger partial charge in [0.1, 0.15) is 0 Å². The van der Waals surface area contributed by atoms with Crippen LogP contribution < -0.4 is 5.32 Å². The Morgan fingerprint density at radius 2 is 1.60 bits per heavy atom. The van der Waals surface area contributed by atoms with Crippen molar-refractivity contribution >= 4 is 34.0 Å². The van der Waals surface area contributed by atoms with Gasteiger partial charge in [-0.3, -0.25) is 4.79 Å². The average molecular weight is 390 g/mol. The van der Waals surface area contributed by atoms with Crippen LogP contribution in [0, 0.1) is 0 Å². The number of benzene rings is 3. The fourth-order valence-corrected chi connectivity index (χ4v) is 4.06. The molecule has 1 amide bonds. The normalized spacial score (nSPS) is 14.0. The summed E-state index contributed by atoms with van der Waals surface area (Å²) in [5, 5.41) is 4.32. The van der Waals surface area contributed by atoms with Crippen molar-refractivity contribution in [3.05, 3.63) is 113 Å². The predicted octanol–water partition coefficient (Wildman–Crippen LogP) is 5.46. The van der Waals surface area contributed by atoms with Gasteiger partial charge in [0.05, 0.1) is 0 Å². The first kappa shape index (κ1) is 18.2. The van der Waals surface area contributed by atoms with Crippen molar-refractivity contribution in [1.29, 1.82) is 0 Å². The highest BCUT2D eigenvalue weighted by Crippen LogP contribution is 2.36. The maximum atomic E-state index is 13.0. The molecule has 3 nitrogen and oxygen atoms in total. The van der Waals surface area contributed by atoms with Crippen molar-refractivity contribution in [2.24, 2.45) is 0 Å². The van der Waals surface area contributed by atoms with Crippen molar-refractivity contribution in [3.8, 4) is 0 Å². The standard InChI is InChI=1S/C27H22N2O/c30-27(28-15-14-20-18-29-26-13-7-6-11-23(20)26)25-17-21(16-19-8-2-1-3-9-19)22-10-4-5-12-24(22)25/h1-13,16-18,29H,14-15H2,(H,28,30)/b21-16+. The number of carbonyl (C=O) groups excluding carboxylic acids is 1. The average Bonchev–Trinajstić information content (AvgIpc) is 3.37. The maximum absolute atomic E-state index is 13.0. The molecular weight excluding hydrogens is 368 g/mol. The molecule has 3 heteroatoms. The number of aromatic amines is 1. The smallest absolute Gasteiger partial charge is 0.251 e. The van der Waals surface area contributed by atoms with Crippen LogP contribution in [0.2, 0.25) is 0 Å². The van der Waals surface area contributed by atoms with E-state index in [9.17, 15) is 4.79 Å². The third-order valence-electron chi connectivity index (χ3n) is 5.55. The zero-order valence-electron chi connectivity index (χ0n) is 16.6. The first-order valence-corrected chi connectivity index (χ1v) is 10.2. The summed E-state index contributed by atoms with van der Waals surface area (Å²) in [6.45, 7) is 0.595. The first-order valence-electron chi connectivity index (χ1n) is 10.2. The first-order chi connectivity index (χ1) is 14.8. The van der Waals surface area contributed by atoms with E-state index in [0.717, 1.165) is 39.8 Å². The molecule has 0 saturated heterocycles. The maximum Gasteiger partial charge on any atom is 0.251 e. The fourth-order valence-electron chi connectivity index (χ4n) is 4.06. The van der Waals surface area contributed by atoms with E-state index in [-0.39, 0.29) is 5.91 Å². The lowest BCUT2D eigenvalue weighted by atomic mass is 10.0. The van der Waals surface area contributed by atoms with Gasteiger partial charge in [0.25, 0.3) is 5.91 Å². The van der Waals surface area contributed by atoms with Crippen LogP contribution in [0.4, 0.5) is 0 Å². The summed E-state index contributed by atoms with van der Waals surface area (Å²) in [7, 11) is 0. The molecule has 0 fully saturated rings. The van der Waals surface area contributed by atoms with E-state index in [2.05, 4.69) is 46.7 Å². The molecule has 0 atom stereocenters. The molecular formula is C27H22N2O. The number of H-pyrrole nitrogens is 1. The van der Waals surface area contributed by atoms with Crippen molar-refractivity contribution in [3.63, 3.8) is 0 Å². The molecule has 1 aliphatic carbocycles. The lowest BCUT2D eigenvalue weighted by Crippen LogP contribution is -2.26. The van der Waals surface area contributed by atoms with Gasteiger partial charge in [0, 0.05) is 29.2 Å². The molecule has 0 aliphatic heterocycles. The minimum Gasteiger partial charge on any atom is -0.361 e. The SMILES string of the molecule is O=C(NCCc1c[nH]c2ccccc12)C1=C/C(=C\c2ccccc2)c2ccccc21. The largest absolute Gasteiger partial charge is 0.361 e. The van der Waals surface area contributed by atoms with E-state index in [1.165, 1.54) is 10.9 Å². The zero-order chi connectivity index (χ0) is 20.3. The van der Waals surface area contributed by atoms with Gasteiger partial charge in [-0.2, -0.15) is 0 Å². The topological polar surface area (TPSA) is 44.9 Å². The summed E-state index contributed by atoms with van der Waals surface area (Å²) in [6.07, 6.45) is 6.95. The van der Waals surface area contributed by atoms with E-state index in [0.29, 0.717) is 6.54 Å². The summed E-state index contributed by atoms with van der Waals surface area (Å²) in [5.41, 5.74) is 7.36. The summed E-state index contributed by atoms with van der Waals surface area (Å²) in [4.78, 5) is 16.3. The Kier molecular flexibility index (Phi) is 4.78. The number of fused-ring (bicyclic) bond motifs is 2. The molecule has 4 aromatic rings. The monoisotopic (exact) mass is 390 g/mol. The highest BCUT2D eigenvalue weighted by molar-refractivity contribution is 6.26. The van der Waals surface area contributed by atoms with Gasteiger partial charge in [0.15, 0.2) is 0 Å². The van der Waals surface area contributed by atoms with Crippen LogP contribution in [0.15, 0.2) is 91.1 Å². The van der Waals surface area contributed by atoms with Crippen LogP contribution in [0.25, 0.3) is 28.1 Å². The van der Waals surface area contributed by atoms with Crippen LogP contribution in [0.1, 0.15) is 22.3 Å². The molecule has 0 bridgehead atoms. The number of amides is 1. The minimum atomic E-state index is -0.0289. The molecule has 1 aliphatic rings. The third-order valence-corrected chi connectivity index (χ3v) is 5.55. The Labute approximate surface area is 175 Å². The molecule has 1 heterocycles. The number of nitrogens with one attached hydrogen (secondary N) is 2. The van der Waals surface area contributed by atoms with Crippen LogP contribution in [0.3, 0.4) is 0 Å². The Bertz CT molecular complexity index is 1280. The number of aromatic nitrogens is 1. The highest BCUT2D eigenvalue weighted by Gasteiger charge is 2.22. The molecule has 0 unspecified atom stereocenters. The van der Waals surface area contributed by atoms with Crippen LogP contribution in [-0.4, -0.2) is 17.4 Å². The van der Waals surface area contributed by atoms with Crippen molar-refractivity contribution in [2.45, 2.75) is 6.42 Å². The molecule has 3 aromatic carbocycles. The Morgan fingerprint density at radius 3 is 2.47 bits per heavy atom. The van der Waals surface area contributed by atoms with Crippen LogP contribution >= 0.6 is 0 Å². The Morgan fingerprint density at radius 1 is 0.867 bits per heavy atom. The molecule has 146 valence electrons. The number of hydrogen-bond acceptors (Lipinski definition) is 1. The Balaban J connectivity index is 1.34. The van der Waals surface area contributed by atoms with Gasteiger partial charge in [-0.05, 0) is 52.5 Å². The third kappa shape index (κ3) is 3.46. The van der Waals surface area contributed by atoms with E-state index in [1.807, 2.05) is 60.8 Å². The van der Waals surface area contributed by atoms with Gasteiger partial charge in [-0.15, -0.1) is 0 Å². The lowest BCUT2D eigenvalue weighted by Gasteiger charge is -2.07. The molecule has 30 heavy (non-hydrogen) atoms.